The molecule has 31 heavy (non-hydrogen) atoms. The van der Waals surface area contributed by atoms with Gasteiger partial charge in [0.1, 0.15) is 0 Å². The van der Waals surface area contributed by atoms with E-state index >= 15 is 0 Å². The summed E-state index contributed by atoms with van der Waals surface area (Å²) in [6.07, 6.45) is 12.9. The van der Waals surface area contributed by atoms with Gasteiger partial charge in [-0.25, -0.2) is 0 Å². The first-order chi connectivity index (χ1) is 15.0. The Hall–Kier alpha value is -1.92. The van der Waals surface area contributed by atoms with E-state index in [1.807, 2.05) is 17.1 Å². The lowest BCUT2D eigenvalue weighted by atomic mass is 9.93. The molecule has 3 rings (SSSR count). The Morgan fingerprint density at radius 3 is 2.58 bits per heavy atom. The van der Waals surface area contributed by atoms with Crippen LogP contribution >= 0.6 is 11.3 Å². The van der Waals surface area contributed by atoms with Crippen LogP contribution in [0.2, 0.25) is 0 Å². The quantitative estimate of drug-likeness (QED) is 0.558. The van der Waals surface area contributed by atoms with Crippen molar-refractivity contribution in [3.05, 3.63) is 40.1 Å². The van der Waals surface area contributed by atoms with Crippen LogP contribution in [0.15, 0.2) is 24.1 Å². The highest BCUT2D eigenvalue weighted by atomic mass is 32.1. The van der Waals surface area contributed by atoms with Gasteiger partial charge in [0.15, 0.2) is 0 Å². The number of rotatable bonds is 9. The third kappa shape index (κ3) is 6.53. The standard InChI is InChI=1S/C25H36N2O3S/c1-3-4-8-23-19(2)21(18-31-23)10-9-20(17-24(28)29)25(30)27-15-11-22(12-16-27)26-13-6-5-7-14-26/h3-4,8,18,20,22H,1,5-7,9-17H2,2H3,(H,28,29)/b8-4-/t20-/m0/s1. The fourth-order valence-corrected chi connectivity index (χ4v) is 5.91. The average Bonchev–Trinajstić information content (AvgIpc) is 3.14. The van der Waals surface area contributed by atoms with E-state index < -0.39 is 11.9 Å². The van der Waals surface area contributed by atoms with Crippen molar-refractivity contribution >= 4 is 29.3 Å². The van der Waals surface area contributed by atoms with E-state index in [9.17, 15) is 14.7 Å². The van der Waals surface area contributed by atoms with Gasteiger partial charge in [0.2, 0.25) is 5.91 Å². The third-order valence-electron chi connectivity index (χ3n) is 6.78. The molecule has 0 spiro atoms. The highest BCUT2D eigenvalue weighted by Gasteiger charge is 2.31. The Kier molecular flexibility index (Phi) is 8.90. The maximum atomic E-state index is 13.2. The van der Waals surface area contributed by atoms with E-state index in [4.69, 9.17) is 0 Å². The summed E-state index contributed by atoms with van der Waals surface area (Å²) in [6, 6.07) is 0.581. The zero-order valence-electron chi connectivity index (χ0n) is 18.7. The number of hydrogen-bond donors (Lipinski definition) is 1. The largest absolute Gasteiger partial charge is 0.481 e. The maximum Gasteiger partial charge on any atom is 0.304 e. The number of carbonyl (C=O) groups is 2. The van der Waals surface area contributed by atoms with Crippen LogP contribution in [0.3, 0.4) is 0 Å². The van der Waals surface area contributed by atoms with Crippen LogP contribution in [0.25, 0.3) is 6.08 Å². The molecule has 2 fully saturated rings. The van der Waals surface area contributed by atoms with Crippen molar-refractivity contribution in [3.63, 3.8) is 0 Å². The van der Waals surface area contributed by atoms with Gasteiger partial charge in [0.05, 0.1) is 6.42 Å². The fourth-order valence-electron chi connectivity index (χ4n) is 4.88. The summed E-state index contributed by atoms with van der Waals surface area (Å²) < 4.78 is 0. The molecule has 2 saturated heterocycles. The molecule has 5 nitrogen and oxygen atoms in total. The van der Waals surface area contributed by atoms with Crippen LogP contribution in [0.4, 0.5) is 0 Å². The lowest BCUT2D eigenvalue weighted by Gasteiger charge is -2.41. The minimum Gasteiger partial charge on any atom is -0.481 e. The second kappa shape index (κ2) is 11.6. The number of carboxylic acid groups (broad SMARTS) is 1. The number of carbonyl (C=O) groups excluding carboxylic acids is 1. The summed E-state index contributed by atoms with van der Waals surface area (Å²) in [5.74, 6) is -1.31. The molecule has 1 amide bonds. The molecular formula is C25H36N2O3S. The molecule has 0 bridgehead atoms. The van der Waals surface area contributed by atoms with Crippen molar-refractivity contribution in [3.8, 4) is 0 Å². The van der Waals surface area contributed by atoms with Gasteiger partial charge in [-0.1, -0.05) is 25.2 Å². The average molecular weight is 445 g/mol. The predicted molar refractivity (Wildman–Crippen MR) is 127 cm³/mol. The minimum atomic E-state index is -0.891. The van der Waals surface area contributed by atoms with Crippen molar-refractivity contribution in [2.45, 2.75) is 64.3 Å². The molecular weight excluding hydrogens is 408 g/mol. The Bertz CT molecular complexity index is 787. The van der Waals surface area contributed by atoms with E-state index in [0.29, 0.717) is 12.5 Å². The number of aryl methyl sites for hydroxylation is 1. The fraction of sp³-hybridized carbons (Fsp3) is 0.600. The Balaban J connectivity index is 1.57. The number of nitrogens with zero attached hydrogens (tertiary/aromatic N) is 2. The van der Waals surface area contributed by atoms with E-state index in [0.717, 1.165) is 32.4 Å². The van der Waals surface area contributed by atoms with E-state index in [1.54, 1.807) is 17.4 Å². The van der Waals surface area contributed by atoms with Gasteiger partial charge in [-0.05, 0) is 81.1 Å². The van der Waals surface area contributed by atoms with Crippen molar-refractivity contribution in [2.24, 2.45) is 5.92 Å². The molecule has 0 aromatic carbocycles. The minimum absolute atomic E-state index is 0.0270. The summed E-state index contributed by atoms with van der Waals surface area (Å²) in [7, 11) is 0. The first kappa shape index (κ1) is 23.7. The second-order valence-electron chi connectivity index (χ2n) is 8.83. The number of allylic oxidation sites excluding steroid dienone is 2. The summed E-state index contributed by atoms with van der Waals surface area (Å²) in [5, 5.41) is 11.5. The molecule has 1 aromatic heterocycles. The van der Waals surface area contributed by atoms with Gasteiger partial charge in [-0.15, -0.1) is 11.3 Å². The van der Waals surface area contributed by atoms with Crippen LogP contribution in [-0.4, -0.2) is 59.0 Å². The Morgan fingerprint density at radius 2 is 1.94 bits per heavy atom. The van der Waals surface area contributed by atoms with Gasteiger partial charge >= 0.3 is 5.97 Å². The summed E-state index contributed by atoms with van der Waals surface area (Å²) in [6.45, 7) is 9.68. The van der Waals surface area contributed by atoms with E-state index in [2.05, 4.69) is 23.8 Å². The van der Waals surface area contributed by atoms with Crippen LogP contribution in [0, 0.1) is 12.8 Å². The predicted octanol–water partition coefficient (Wildman–Crippen LogP) is 4.76. The molecule has 1 atom stereocenters. The number of carboxylic acids is 1. The monoisotopic (exact) mass is 444 g/mol. The van der Waals surface area contributed by atoms with E-state index in [-0.39, 0.29) is 12.3 Å². The number of aliphatic carboxylic acids is 1. The van der Waals surface area contributed by atoms with Crippen molar-refractivity contribution in [1.82, 2.24) is 9.80 Å². The zero-order valence-corrected chi connectivity index (χ0v) is 19.5. The molecule has 170 valence electrons. The van der Waals surface area contributed by atoms with Gasteiger partial charge in [0.25, 0.3) is 0 Å². The zero-order chi connectivity index (χ0) is 22.2. The molecule has 2 aliphatic rings. The van der Waals surface area contributed by atoms with Crippen molar-refractivity contribution in [1.29, 1.82) is 0 Å². The molecule has 0 aliphatic carbocycles. The number of thiophene rings is 1. The Morgan fingerprint density at radius 1 is 1.23 bits per heavy atom. The van der Waals surface area contributed by atoms with Gasteiger partial charge in [0, 0.05) is 29.9 Å². The van der Waals surface area contributed by atoms with Gasteiger partial charge < -0.3 is 14.9 Å². The summed E-state index contributed by atoms with van der Waals surface area (Å²) >= 11 is 1.68. The SMILES string of the molecule is C=C/C=C\c1scc(CC[C@@H](CC(=O)O)C(=O)N2CCC(N3CCCCC3)CC2)c1C. The number of hydrogen-bond acceptors (Lipinski definition) is 4. The van der Waals surface area contributed by atoms with Crippen LogP contribution in [-0.2, 0) is 16.0 Å². The number of piperidine rings is 2. The molecule has 1 N–H and O–H groups in total. The molecule has 3 heterocycles. The Labute approximate surface area is 190 Å². The van der Waals surface area contributed by atoms with E-state index in [1.165, 1.54) is 48.4 Å². The molecule has 1 aromatic rings. The number of amides is 1. The second-order valence-corrected chi connectivity index (χ2v) is 9.74. The van der Waals surface area contributed by atoms with Crippen molar-refractivity contribution < 1.29 is 14.7 Å². The highest BCUT2D eigenvalue weighted by Crippen LogP contribution is 2.28. The van der Waals surface area contributed by atoms with Crippen LogP contribution in [0.1, 0.15) is 60.9 Å². The normalized spacial score (nSPS) is 19.6. The third-order valence-corrected chi connectivity index (χ3v) is 7.88. The van der Waals surface area contributed by atoms with Gasteiger partial charge in [-0.2, -0.15) is 0 Å². The smallest absolute Gasteiger partial charge is 0.304 e. The van der Waals surface area contributed by atoms with Crippen molar-refractivity contribution in [2.75, 3.05) is 26.2 Å². The first-order valence-electron chi connectivity index (χ1n) is 11.6. The summed E-state index contributed by atoms with van der Waals surface area (Å²) in [5.41, 5.74) is 2.42. The van der Waals surface area contributed by atoms with Gasteiger partial charge in [-0.3, -0.25) is 9.59 Å². The molecule has 0 saturated carbocycles. The lowest BCUT2D eigenvalue weighted by Crippen LogP contribution is -2.49. The molecule has 0 radical (unpaired) electrons. The highest BCUT2D eigenvalue weighted by molar-refractivity contribution is 7.11. The molecule has 2 aliphatic heterocycles. The maximum absolute atomic E-state index is 13.2. The topological polar surface area (TPSA) is 60.9 Å². The van der Waals surface area contributed by atoms with Crippen LogP contribution in [0.5, 0.6) is 0 Å². The number of likely N-dealkylation sites (tertiary alicyclic amines) is 2. The molecule has 6 heteroatoms. The van der Waals surface area contributed by atoms with Crippen LogP contribution < -0.4 is 0 Å². The first-order valence-corrected chi connectivity index (χ1v) is 12.5. The molecule has 0 unspecified atom stereocenters. The lowest BCUT2D eigenvalue weighted by molar-refractivity contribution is -0.145. The summed E-state index contributed by atoms with van der Waals surface area (Å²) in [4.78, 5) is 30.4.